The number of hydrazone groups is 1. The van der Waals surface area contributed by atoms with Crippen LogP contribution < -0.4 is 14.9 Å². The van der Waals surface area contributed by atoms with Crippen LogP contribution in [0.5, 0.6) is 11.5 Å². The number of carbonyl (C=O) groups excluding carboxylic acids is 1. The van der Waals surface area contributed by atoms with E-state index in [4.69, 9.17) is 9.47 Å². The summed E-state index contributed by atoms with van der Waals surface area (Å²) >= 11 is 0. The number of hydrogen-bond acceptors (Lipinski definition) is 6. The molecule has 0 spiro atoms. The van der Waals surface area contributed by atoms with Gasteiger partial charge in [-0.2, -0.15) is 9.41 Å². The molecule has 0 unspecified atom stereocenters. The van der Waals surface area contributed by atoms with Crippen molar-refractivity contribution in [2.24, 2.45) is 5.10 Å². The molecular formula is C25H27N3O5S. The maximum absolute atomic E-state index is 13.4. The Morgan fingerprint density at radius 2 is 1.76 bits per heavy atom. The number of amides is 1. The second-order valence-electron chi connectivity index (χ2n) is 7.46. The molecule has 0 aliphatic heterocycles. The molecule has 1 N–H and O–H groups in total. The number of benzene rings is 3. The predicted octanol–water partition coefficient (Wildman–Crippen LogP) is 3.35. The van der Waals surface area contributed by atoms with Crippen molar-refractivity contribution in [2.45, 2.75) is 18.4 Å². The maximum Gasteiger partial charge on any atom is 0.255 e. The molecule has 3 rings (SSSR count). The van der Waals surface area contributed by atoms with Crippen molar-refractivity contribution in [1.82, 2.24) is 9.73 Å². The summed E-state index contributed by atoms with van der Waals surface area (Å²) in [5.41, 5.74) is 4.56. The van der Waals surface area contributed by atoms with Gasteiger partial charge in [-0.25, -0.2) is 13.8 Å². The van der Waals surface area contributed by atoms with Crippen molar-refractivity contribution in [1.29, 1.82) is 0 Å². The zero-order valence-electron chi connectivity index (χ0n) is 19.3. The first kappa shape index (κ1) is 24.9. The van der Waals surface area contributed by atoms with E-state index in [-0.39, 0.29) is 11.4 Å². The fraction of sp³-hybridized carbons (Fsp3) is 0.200. The summed E-state index contributed by atoms with van der Waals surface area (Å²) < 4.78 is 38.4. The van der Waals surface area contributed by atoms with Gasteiger partial charge >= 0.3 is 0 Å². The number of carbonyl (C=O) groups is 1. The predicted molar refractivity (Wildman–Crippen MR) is 130 cm³/mol. The molecule has 0 aliphatic rings. The summed E-state index contributed by atoms with van der Waals surface area (Å²) in [5, 5.41) is 3.95. The molecule has 0 radical (unpaired) electrons. The molecule has 178 valence electrons. The normalized spacial score (nSPS) is 11.5. The molecule has 0 saturated heterocycles. The van der Waals surface area contributed by atoms with Crippen molar-refractivity contribution >= 4 is 22.1 Å². The second kappa shape index (κ2) is 11.4. The van der Waals surface area contributed by atoms with Gasteiger partial charge in [0.2, 0.25) is 10.0 Å². The van der Waals surface area contributed by atoms with Crippen molar-refractivity contribution in [3.05, 3.63) is 89.5 Å². The summed E-state index contributed by atoms with van der Waals surface area (Å²) in [6, 6.07) is 20.8. The Morgan fingerprint density at radius 3 is 2.44 bits per heavy atom. The highest BCUT2D eigenvalue weighted by Gasteiger charge is 2.27. The van der Waals surface area contributed by atoms with Crippen molar-refractivity contribution < 1.29 is 22.7 Å². The lowest BCUT2D eigenvalue weighted by atomic mass is 10.2. The number of rotatable bonds is 10. The molecule has 3 aromatic rings. The monoisotopic (exact) mass is 481 g/mol. The van der Waals surface area contributed by atoms with Crippen LogP contribution in [0, 0.1) is 6.92 Å². The van der Waals surface area contributed by atoms with Gasteiger partial charge in [0.25, 0.3) is 5.91 Å². The number of ether oxygens (including phenoxy) is 2. The lowest BCUT2D eigenvalue weighted by molar-refractivity contribution is -0.121. The van der Waals surface area contributed by atoms with Crippen LogP contribution in [0.1, 0.15) is 16.7 Å². The first-order chi connectivity index (χ1) is 16.3. The third-order valence-corrected chi connectivity index (χ3v) is 6.81. The molecule has 0 bridgehead atoms. The number of methoxy groups -OCH3 is 2. The van der Waals surface area contributed by atoms with E-state index in [1.165, 1.54) is 25.5 Å². The van der Waals surface area contributed by atoms with Crippen LogP contribution in [-0.2, 0) is 21.4 Å². The van der Waals surface area contributed by atoms with E-state index in [1.54, 1.807) is 56.5 Å². The third-order valence-electron chi connectivity index (χ3n) is 5.02. The van der Waals surface area contributed by atoms with Gasteiger partial charge in [-0.05, 0) is 53.9 Å². The smallest absolute Gasteiger partial charge is 0.255 e. The van der Waals surface area contributed by atoms with E-state index in [2.05, 4.69) is 10.5 Å². The molecule has 0 saturated carbocycles. The lowest BCUT2D eigenvalue weighted by Crippen LogP contribution is -2.39. The van der Waals surface area contributed by atoms with Crippen LogP contribution in [0.15, 0.2) is 82.8 Å². The zero-order chi connectivity index (χ0) is 24.6. The highest BCUT2D eigenvalue weighted by atomic mass is 32.2. The van der Waals surface area contributed by atoms with Crippen molar-refractivity contribution in [3.63, 3.8) is 0 Å². The number of nitrogens with zero attached hydrogens (tertiary/aromatic N) is 2. The Morgan fingerprint density at radius 1 is 1.00 bits per heavy atom. The molecule has 0 fully saturated rings. The van der Waals surface area contributed by atoms with Crippen molar-refractivity contribution in [2.75, 3.05) is 20.8 Å². The first-order valence-electron chi connectivity index (χ1n) is 10.5. The molecule has 0 atom stereocenters. The van der Waals surface area contributed by atoms with Gasteiger partial charge in [0.15, 0.2) is 0 Å². The average Bonchev–Trinajstić information content (AvgIpc) is 2.84. The Bertz CT molecular complexity index is 1260. The van der Waals surface area contributed by atoms with Crippen LogP contribution in [0.4, 0.5) is 0 Å². The highest BCUT2D eigenvalue weighted by molar-refractivity contribution is 7.89. The molecule has 0 heterocycles. The van der Waals surface area contributed by atoms with Crippen LogP contribution in [0.3, 0.4) is 0 Å². The molecule has 9 heteroatoms. The third kappa shape index (κ3) is 6.43. The quantitative estimate of drug-likeness (QED) is 0.354. The highest BCUT2D eigenvalue weighted by Crippen LogP contribution is 2.24. The Balaban J connectivity index is 1.80. The van der Waals surface area contributed by atoms with Crippen LogP contribution in [-0.4, -0.2) is 45.6 Å². The molecular weight excluding hydrogens is 454 g/mol. The number of sulfonamides is 1. The first-order valence-corrected chi connectivity index (χ1v) is 11.9. The van der Waals surface area contributed by atoms with Crippen LogP contribution in [0.25, 0.3) is 0 Å². The number of nitrogens with one attached hydrogen (secondary N) is 1. The molecule has 3 aromatic carbocycles. The Hall–Kier alpha value is -3.69. The number of aryl methyl sites for hydroxylation is 1. The summed E-state index contributed by atoms with van der Waals surface area (Å²) in [6.45, 7) is 1.39. The van der Waals surface area contributed by atoms with E-state index < -0.39 is 22.5 Å². The number of hydrogen-bond donors (Lipinski definition) is 1. The van der Waals surface area contributed by atoms with E-state index in [1.807, 2.05) is 18.2 Å². The summed E-state index contributed by atoms with van der Waals surface area (Å²) in [5.74, 6) is 0.673. The Kier molecular flexibility index (Phi) is 8.39. The molecule has 0 aliphatic carbocycles. The van der Waals surface area contributed by atoms with Gasteiger partial charge in [-0.1, -0.05) is 42.5 Å². The van der Waals surface area contributed by atoms with Crippen molar-refractivity contribution in [3.8, 4) is 11.5 Å². The minimum Gasteiger partial charge on any atom is -0.497 e. The lowest BCUT2D eigenvalue weighted by Gasteiger charge is -2.22. The van der Waals surface area contributed by atoms with Crippen LogP contribution >= 0.6 is 0 Å². The SMILES string of the molecule is COc1cccc(/C=N/NC(=O)CN(Cc2ccccc2)S(=O)(=O)c2ccc(OC)c(C)c2)c1. The van der Waals surface area contributed by atoms with Gasteiger partial charge < -0.3 is 9.47 Å². The minimum atomic E-state index is -3.98. The fourth-order valence-electron chi connectivity index (χ4n) is 3.27. The van der Waals surface area contributed by atoms with Crippen LogP contribution in [0.2, 0.25) is 0 Å². The van der Waals surface area contributed by atoms with E-state index in [9.17, 15) is 13.2 Å². The van der Waals surface area contributed by atoms with Gasteiger partial charge in [0.05, 0.1) is 31.9 Å². The molecule has 0 aromatic heterocycles. The Labute approximate surface area is 199 Å². The minimum absolute atomic E-state index is 0.0290. The summed E-state index contributed by atoms with van der Waals surface area (Å²) in [7, 11) is -0.897. The van der Waals surface area contributed by atoms with Gasteiger partial charge in [-0.15, -0.1) is 0 Å². The van der Waals surface area contributed by atoms with E-state index in [0.29, 0.717) is 17.1 Å². The fourth-order valence-corrected chi connectivity index (χ4v) is 4.74. The molecule has 8 nitrogen and oxygen atoms in total. The average molecular weight is 482 g/mol. The van der Waals surface area contributed by atoms with E-state index >= 15 is 0 Å². The second-order valence-corrected chi connectivity index (χ2v) is 9.40. The molecule has 1 amide bonds. The van der Waals surface area contributed by atoms with Gasteiger partial charge in [0, 0.05) is 6.54 Å². The van der Waals surface area contributed by atoms with Gasteiger partial charge in [0.1, 0.15) is 11.5 Å². The summed E-state index contributed by atoms with van der Waals surface area (Å²) in [4.78, 5) is 12.7. The maximum atomic E-state index is 13.4. The zero-order valence-corrected chi connectivity index (χ0v) is 20.1. The summed E-state index contributed by atoms with van der Waals surface area (Å²) in [6.07, 6.45) is 1.46. The topological polar surface area (TPSA) is 97.3 Å². The van der Waals surface area contributed by atoms with E-state index in [0.717, 1.165) is 15.4 Å². The molecule has 34 heavy (non-hydrogen) atoms. The standard InChI is InChI=1S/C25H27N3O5S/c1-19-14-23(12-13-24(19)33-3)34(30,31)28(17-20-8-5-4-6-9-20)18-25(29)27-26-16-21-10-7-11-22(15-21)32-2/h4-16H,17-18H2,1-3H3,(H,27,29)/b26-16+. The largest absolute Gasteiger partial charge is 0.497 e. The van der Waals surface area contributed by atoms with Gasteiger partial charge in [-0.3, -0.25) is 4.79 Å².